The van der Waals surface area contributed by atoms with E-state index in [1.807, 2.05) is 19.4 Å². The highest BCUT2D eigenvalue weighted by Gasteiger charge is 2.20. The molecule has 2 aromatic rings. The van der Waals surface area contributed by atoms with Crippen molar-refractivity contribution >= 4 is 35.6 Å². The van der Waals surface area contributed by atoms with Crippen molar-refractivity contribution in [2.75, 3.05) is 31.6 Å². The van der Waals surface area contributed by atoms with Gasteiger partial charge >= 0.3 is 0 Å². The number of aliphatic imine (C=N–C) groups is 1. The average molecular weight is 479 g/mol. The van der Waals surface area contributed by atoms with Crippen LogP contribution in [0, 0.1) is 6.92 Å². The quantitative estimate of drug-likeness (QED) is 0.392. The van der Waals surface area contributed by atoms with Crippen LogP contribution >= 0.6 is 24.0 Å². The van der Waals surface area contributed by atoms with Crippen molar-refractivity contribution in [3.05, 3.63) is 59.9 Å². The van der Waals surface area contributed by atoms with E-state index in [1.165, 1.54) is 29.7 Å². The monoisotopic (exact) mass is 479 g/mol. The van der Waals surface area contributed by atoms with Gasteiger partial charge in [-0.15, -0.1) is 24.0 Å². The molecule has 1 aliphatic heterocycles. The van der Waals surface area contributed by atoms with E-state index in [4.69, 9.17) is 0 Å². The fourth-order valence-electron chi connectivity index (χ4n) is 3.45. The van der Waals surface area contributed by atoms with E-state index in [1.54, 1.807) is 0 Å². The topological polar surface area (TPSA) is 52.6 Å². The van der Waals surface area contributed by atoms with Crippen molar-refractivity contribution in [3.8, 4) is 0 Å². The van der Waals surface area contributed by atoms with E-state index >= 15 is 0 Å². The van der Waals surface area contributed by atoms with Crippen molar-refractivity contribution in [2.24, 2.45) is 4.99 Å². The van der Waals surface area contributed by atoms with Crippen LogP contribution in [0.25, 0.3) is 0 Å². The molecule has 2 N–H and O–H groups in total. The molecule has 0 amide bonds. The molecule has 1 aromatic carbocycles. The van der Waals surface area contributed by atoms with E-state index < -0.39 is 0 Å². The van der Waals surface area contributed by atoms with Crippen molar-refractivity contribution in [1.82, 2.24) is 15.6 Å². The molecule has 1 aliphatic rings. The number of piperidine rings is 1. The summed E-state index contributed by atoms with van der Waals surface area (Å²) in [6.07, 6.45) is 7.11. The van der Waals surface area contributed by atoms with Crippen LogP contribution in [0.1, 0.15) is 24.0 Å². The number of aromatic nitrogens is 1. The number of para-hydroxylation sites is 1. The number of nitrogens with one attached hydrogen (secondary N) is 2. The molecule has 0 spiro atoms. The summed E-state index contributed by atoms with van der Waals surface area (Å²) < 4.78 is 0. The van der Waals surface area contributed by atoms with E-state index in [0.29, 0.717) is 6.04 Å². The summed E-state index contributed by atoms with van der Waals surface area (Å²) in [5.41, 5.74) is 3.87. The lowest BCUT2D eigenvalue weighted by atomic mass is 10.0. The summed E-state index contributed by atoms with van der Waals surface area (Å²) in [5.74, 6) is 0.886. The first-order valence-electron chi connectivity index (χ1n) is 9.43. The number of hydrogen-bond acceptors (Lipinski definition) is 3. The first-order valence-corrected chi connectivity index (χ1v) is 9.43. The number of anilines is 1. The first kappa shape index (κ1) is 21.5. The molecule has 0 aliphatic carbocycles. The van der Waals surface area contributed by atoms with Gasteiger partial charge in [-0.1, -0.05) is 18.2 Å². The van der Waals surface area contributed by atoms with Crippen LogP contribution in [0.5, 0.6) is 0 Å². The van der Waals surface area contributed by atoms with Crippen LogP contribution in [0.15, 0.2) is 53.8 Å². The Morgan fingerprint density at radius 2 is 2.07 bits per heavy atom. The number of benzene rings is 1. The second-order valence-electron chi connectivity index (χ2n) is 6.82. The van der Waals surface area contributed by atoms with E-state index in [2.05, 4.69) is 68.8 Å². The number of pyridine rings is 1. The Hall–Kier alpha value is -1.83. The van der Waals surface area contributed by atoms with E-state index in [0.717, 1.165) is 32.0 Å². The second kappa shape index (κ2) is 11.1. The maximum absolute atomic E-state index is 4.40. The number of guanidine groups is 1. The summed E-state index contributed by atoms with van der Waals surface area (Å²) in [5, 5.41) is 7.04. The van der Waals surface area contributed by atoms with Gasteiger partial charge in [0, 0.05) is 50.8 Å². The Labute approximate surface area is 179 Å². The van der Waals surface area contributed by atoms with Crippen molar-refractivity contribution in [2.45, 2.75) is 32.2 Å². The summed E-state index contributed by atoms with van der Waals surface area (Å²) >= 11 is 0. The predicted octanol–water partition coefficient (Wildman–Crippen LogP) is 3.38. The van der Waals surface area contributed by atoms with Gasteiger partial charge in [0.1, 0.15) is 0 Å². The van der Waals surface area contributed by atoms with Gasteiger partial charge in [-0.05, 0) is 55.5 Å². The molecule has 0 saturated carbocycles. The minimum absolute atomic E-state index is 0. The van der Waals surface area contributed by atoms with Gasteiger partial charge in [0.05, 0.1) is 0 Å². The number of aryl methyl sites for hydroxylation is 1. The molecule has 0 bridgehead atoms. The molecular weight excluding hydrogens is 449 g/mol. The molecule has 3 rings (SSSR count). The lowest BCUT2D eigenvalue weighted by Crippen LogP contribution is -2.51. The highest BCUT2D eigenvalue weighted by molar-refractivity contribution is 14.0. The first-order chi connectivity index (χ1) is 12.8. The van der Waals surface area contributed by atoms with Gasteiger partial charge in [-0.3, -0.25) is 9.98 Å². The number of nitrogens with zero attached hydrogens (tertiary/aromatic N) is 3. The van der Waals surface area contributed by atoms with Gasteiger partial charge in [-0.2, -0.15) is 0 Å². The highest BCUT2D eigenvalue weighted by Crippen LogP contribution is 2.19. The number of rotatable bonds is 5. The number of hydrogen-bond donors (Lipinski definition) is 2. The molecule has 27 heavy (non-hydrogen) atoms. The van der Waals surface area contributed by atoms with Gasteiger partial charge in [0.2, 0.25) is 0 Å². The molecule has 1 unspecified atom stereocenters. The third kappa shape index (κ3) is 6.37. The molecular formula is C21H30IN5. The smallest absolute Gasteiger partial charge is 0.191 e. The third-order valence-electron chi connectivity index (χ3n) is 4.93. The fourth-order valence-corrected chi connectivity index (χ4v) is 3.45. The lowest BCUT2D eigenvalue weighted by molar-refractivity contribution is 0.468. The van der Waals surface area contributed by atoms with Gasteiger partial charge in [-0.25, -0.2) is 0 Å². The molecule has 6 heteroatoms. The normalized spacial score (nSPS) is 17.2. The van der Waals surface area contributed by atoms with Crippen LogP contribution < -0.4 is 15.5 Å². The SMILES string of the molecule is CN=C(NCCc1ccncc1C)NC1CCCN(c2ccccc2)C1.I. The third-order valence-corrected chi connectivity index (χ3v) is 4.93. The van der Waals surface area contributed by atoms with Crippen LogP contribution in [0.2, 0.25) is 0 Å². The maximum Gasteiger partial charge on any atom is 0.191 e. The summed E-state index contributed by atoms with van der Waals surface area (Å²) in [6.45, 7) is 5.10. The Kier molecular flexibility index (Phi) is 8.84. The predicted molar refractivity (Wildman–Crippen MR) is 124 cm³/mol. The minimum Gasteiger partial charge on any atom is -0.369 e. The Morgan fingerprint density at radius 1 is 1.26 bits per heavy atom. The molecule has 1 fully saturated rings. The molecule has 2 heterocycles. The zero-order chi connectivity index (χ0) is 18.2. The number of halogens is 1. The molecule has 1 saturated heterocycles. The standard InChI is InChI=1S/C21H29N5.HI/c1-17-15-23-12-10-18(17)11-13-24-21(22-2)25-19-7-6-14-26(16-19)20-8-4-3-5-9-20;/h3-5,8-10,12,15,19H,6-7,11,13-14,16H2,1-2H3,(H2,22,24,25);1H. The van der Waals surface area contributed by atoms with Crippen LogP contribution in [0.3, 0.4) is 0 Å². The second-order valence-corrected chi connectivity index (χ2v) is 6.82. The minimum atomic E-state index is 0. The fraction of sp³-hybridized carbons (Fsp3) is 0.429. The van der Waals surface area contributed by atoms with Crippen LogP contribution in [-0.4, -0.2) is 43.7 Å². The lowest BCUT2D eigenvalue weighted by Gasteiger charge is -2.35. The summed E-state index contributed by atoms with van der Waals surface area (Å²) in [7, 11) is 1.84. The molecule has 1 atom stereocenters. The largest absolute Gasteiger partial charge is 0.369 e. The van der Waals surface area contributed by atoms with E-state index in [-0.39, 0.29) is 24.0 Å². The van der Waals surface area contributed by atoms with Crippen molar-refractivity contribution in [1.29, 1.82) is 0 Å². The van der Waals surface area contributed by atoms with Gasteiger partial charge in [0.15, 0.2) is 5.96 Å². The Morgan fingerprint density at radius 3 is 2.81 bits per heavy atom. The zero-order valence-electron chi connectivity index (χ0n) is 16.2. The van der Waals surface area contributed by atoms with Crippen LogP contribution in [-0.2, 0) is 6.42 Å². The van der Waals surface area contributed by atoms with Crippen molar-refractivity contribution < 1.29 is 0 Å². The highest BCUT2D eigenvalue weighted by atomic mass is 127. The van der Waals surface area contributed by atoms with Gasteiger partial charge < -0.3 is 15.5 Å². The van der Waals surface area contributed by atoms with Gasteiger partial charge in [0.25, 0.3) is 0 Å². The average Bonchev–Trinajstić information content (AvgIpc) is 2.69. The molecule has 1 aromatic heterocycles. The van der Waals surface area contributed by atoms with E-state index in [9.17, 15) is 0 Å². The summed E-state index contributed by atoms with van der Waals surface area (Å²) in [4.78, 5) is 11.0. The van der Waals surface area contributed by atoms with Crippen LogP contribution in [0.4, 0.5) is 5.69 Å². The maximum atomic E-state index is 4.40. The Balaban J connectivity index is 0.00000261. The molecule has 5 nitrogen and oxygen atoms in total. The molecule has 0 radical (unpaired) electrons. The summed E-state index contributed by atoms with van der Waals surface area (Å²) in [6, 6.07) is 13.2. The Bertz CT molecular complexity index is 720. The van der Waals surface area contributed by atoms with Crippen molar-refractivity contribution in [3.63, 3.8) is 0 Å². The zero-order valence-corrected chi connectivity index (χ0v) is 18.5. The molecule has 146 valence electrons.